The van der Waals surface area contributed by atoms with Crippen molar-refractivity contribution in [1.29, 1.82) is 0 Å². The molecule has 1 aromatic carbocycles. The molecule has 0 aliphatic rings. The molecule has 0 spiro atoms. The van der Waals surface area contributed by atoms with Gasteiger partial charge in [0.05, 0.1) is 14.2 Å². The Hall–Kier alpha value is -1.51. The first-order chi connectivity index (χ1) is 7.13. The molecule has 0 aliphatic carbocycles. The topological polar surface area (TPSA) is 35.5 Å². The van der Waals surface area contributed by atoms with E-state index < -0.39 is 0 Å². The predicted octanol–water partition coefficient (Wildman–Crippen LogP) is 2.47. The molecule has 0 saturated heterocycles. The Morgan fingerprint density at radius 2 is 1.67 bits per heavy atom. The van der Waals surface area contributed by atoms with Crippen LogP contribution in [0.4, 0.5) is 0 Å². The molecule has 3 heteroatoms. The summed E-state index contributed by atoms with van der Waals surface area (Å²) in [5, 5.41) is 0. The van der Waals surface area contributed by atoms with E-state index in [2.05, 4.69) is 0 Å². The number of methoxy groups -OCH3 is 2. The molecule has 0 heterocycles. The van der Waals surface area contributed by atoms with Crippen molar-refractivity contribution in [2.45, 2.75) is 20.3 Å². The minimum absolute atomic E-state index is 0.00857. The van der Waals surface area contributed by atoms with Crippen LogP contribution in [0, 0.1) is 0 Å². The maximum Gasteiger partial charge on any atom is 0.160 e. The van der Waals surface area contributed by atoms with Crippen LogP contribution in [0.2, 0.25) is 0 Å². The van der Waals surface area contributed by atoms with E-state index in [1.807, 2.05) is 6.92 Å². The molecule has 0 atom stereocenters. The average Bonchev–Trinajstić information content (AvgIpc) is 2.26. The average molecular weight is 208 g/mol. The third-order valence-corrected chi connectivity index (χ3v) is 2.37. The minimum atomic E-state index is 0.00857. The van der Waals surface area contributed by atoms with Crippen molar-refractivity contribution in [2.24, 2.45) is 0 Å². The van der Waals surface area contributed by atoms with Crippen LogP contribution in [-0.2, 0) is 6.42 Å². The monoisotopic (exact) mass is 208 g/mol. The van der Waals surface area contributed by atoms with Gasteiger partial charge in [-0.1, -0.05) is 6.92 Å². The molecule has 0 radical (unpaired) electrons. The van der Waals surface area contributed by atoms with Crippen LogP contribution in [0.5, 0.6) is 11.5 Å². The van der Waals surface area contributed by atoms with E-state index in [-0.39, 0.29) is 5.78 Å². The second-order valence-electron chi connectivity index (χ2n) is 3.27. The summed E-state index contributed by atoms with van der Waals surface area (Å²) in [5.41, 5.74) is 1.60. The molecular weight excluding hydrogens is 192 g/mol. The van der Waals surface area contributed by atoms with E-state index in [9.17, 15) is 4.79 Å². The highest BCUT2D eigenvalue weighted by Crippen LogP contribution is 2.30. The Morgan fingerprint density at radius 3 is 1.93 bits per heavy atom. The Bertz CT molecular complexity index is 344. The van der Waals surface area contributed by atoms with E-state index in [1.54, 1.807) is 26.4 Å². The number of Topliss-reactive ketones (excluding diaryl/α,β-unsaturated/α-hetero) is 1. The van der Waals surface area contributed by atoms with Gasteiger partial charge in [-0.05, 0) is 25.5 Å². The molecule has 0 fully saturated rings. The van der Waals surface area contributed by atoms with Crippen molar-refractivity contribution in [3.05, 3.63) is 23.3 Å². The molecule has 1 rings (SSSR count). The second kappa shape index (κ2) is 4.82. The molecule has 0 N–H and O–H groups in total. The molecule has 0 saturated carbocycles. The van der Waals surface area contributed by atoms with Crippen molar-refractivity contribution in [3.8, 4) is 11.5 Å². The van der Waals surface area contributed by atoms with Gasteiger partial charge >= 0.3 is 0 Å². The zero-order valence-corrected chi connectivity index (χ0v) is 9.59. The summed E-state index contributed by atoms with van der Waals surface area (Å²) in [7, 11) is 3.19. The van der Waals surface area contributed by atoms with Crippen LogP contribution < -0.4 is 9.47 Å². The van der Waals surface area contributed by atoms with Crippen molar-refractivity contribution in [3.63, 3.8) is 0 Å². The summed E-state index contributed by atoms with van der Waals surface area (Å²) < 4.78 is 10.5. The van der Waals surface area contributed by atoms with Crippen LogP contribution >= 0.6 is 0 Å². The maximum atomic E-state index is 11.3. The second-order valence-corrected chi connectivity index (χ2v) is 3.27. The summed E-state index contributed by atoms with van der Waals surface area (Å²) in [6.07, 6.45) is 0.810. The third kappa shape index (κ3) is 2.29. The Kier molecular flexibility index (Phi) is 3.72. The normalized spacial score (nSPS) is 9.87. The lowest BCUT2D eigenvalue weighted by atomic mass is 10.0. The Morgan fingerprint density at radius 1 is 1.20 bits per heavy atom. The quantitative estimate of drug-likeness (QED) is 0.713. The van der Waals surface area contributed by atoms with Crippen LogP contribution in [-0.4, -0.2) is 20.0 Å². The number of rotatable bonds is 4. The standard InChI is InChI=1S/C12H16O3/c1-5-10-11(14-3)6-9(8(2)13)7-12(10)15-4/h6-7H,5H2,1-4H3. The van der Waals surface area contributed by atoms with Gasteiger partial charge in [0, 0.05) is 11.1 Å². The lowest BCUT2D eigenvalue weighted by Gasteiger charge is -2.13. The van der Waals surface area contributed by atoms with Gasteiger partial charge in [0.1, 0.15) is 11.5 Å². The van der Waals surface area contributed by atoms with Crippen molar-refractivity contribution in [1.82, 2.24) is 0 Å². The summed E-state index contributed by atoms with van der Waals surface area (Å²) >= 11 is 0. The largest absolute Gasteiger partial charge is 0.496 e. The molecule has 1 aromatic rings. The molecule has 15 heavy (non-hydrogen) atoms. The van der Waals surface area contributed by atoms with Crippen LogP contribution in [0.1, 0.15) is 29.8 Å². The van der Waals surface area contributed by atoms with Gasteiger partial charge in [0.2, 0.25) is 0 Å². The van der Waals surface area contributed by atoms with E-state index >= 15 is 0 Å². The maximum absolute atomic E-state index is 11.3. The first-order valence-corrected chi connectivity index (χ1v) is 4.89. The third-order valence-electron chi connectivity index (χ3n) is 2.37. The Balaban J connectivity index is 3.35. The lowest BCUT2D eigenvalue weighted by molar-refractivity contribution is 0.101. The Labute approximate surface area is 90.0 Å². The molecule has 0 bridgehead atoms. The van der Waals surface area contributed by atoms with Gasteiger partial charge in [0.15, 0.2) is 5.78 Å². The van der Waals surface area contributed by atoms with Gasteiger partial charge in [-0.25, -0.2) is 0 Å². The number of hydrogen-bond acceptors (Lipinski definition) is 3. The van der Waals surface area contributed by atoms with E-state index in [4.69, 9.17) is 9.47 Å². The van der Waals surface area contributed by atoms with E-state index in [1.165, 1.54) is 6.92 Å². The van der Waals surface area contributed by atoms with Crippen LogP contribution in [0.3, 0.4) is 0 Å². The van der Waals surface area contributed by atoms with Crippen molar-refractivity contribution >= 4 is 5.78 Å². The fourth-order valence-corrected chi connectivity index (χ4v) is 1.54. The highest BCUT2D eigenvalue weighted by atomic mass is 16.5. The fourth-order valence-electron chi connectivity index (χ4n) is 1.54. The van der Waals surface area contributed by atoms with Gasteiger partial charge in [-0.3, -0.25) is 4.79 Å². The molecule has 0 unspecified atom stereocenters. The molecular formula is C12H16O3. The number of hydrogen-bond donors (Lipinski definition) is 0. The van der Waals surface area contributed by atoms with Crippen LogP contribution in [0.25, 0.3) is 0 Å². The summed E-state index contributed by atoms with van der Waals surface area (Å²) in [5.74, 6) is 1.43. The number of ether oxygens (including phenoxy) is 2. The zero-order valence-electron chi connectivity index (χ0n) is 9.59. The van der Waals surface area contributed by atoms with E-state index in [0.29, 0.717) is 17.1 Å². The number of ketones is 1. The summed E-state index contributed by atoms with van der Waals surface area (Å²) in [6.45, 7) is 3.55. The highest BCUT2D eigenvalue weighted by molar-refractivity contribution is 5.95. The highest BCUT2D eigenvalue weighted by Gasteiger charge is 2.12. The van der Waals surface area contributed by atoms with Crippen molar-refractivity contribution < 1.29 is 14.3 Å². The van der Waals surface area contributed by atoms with Gasteiger partial charge < -0.3 is 9.47 Å². The lowest BCUT2D eigenvalue weighted by Crippen LogP contribution is -2.00. The van der Waals surface area contributed by atoms with E-state index in [0.717, 1.165) is 12.0 Å². The number of carbonyl (C=O) groups is 1. The van der Waals surface area contributed by atoms with Crippen LogP contribution in [0.15, 0.2) is 12.1 Å². The SMILES string of the molecule is CCc1c(OC)cc(C(C)=O)cc1OC. The summed E-state index contributed by atoms with van der Waals surface area (Å²) in [6, 6.07) is 3.51. The van der Waals surface area contributed by atoms with Gasteiger partial charge in [-0.2, -0.15) is 0 Å². The zero-order chi connectivity index (χ0) is 11.4. The van der Waals surface area contributed by atoms with Gasteiger partial charge in [-0.15, -0.1) is 0 Å². The number of benzene rings is 1. The molecule has 82 valence electrons. The van der Waals surface area contributed by atoms with Gasteiger partial charge in [0.25, 0.3) is 0 Å². The molecule has 0 aliphatic heterocycles. The van der Waals surface area contributed by atoms with Crippen molar-refractivity contribution in [2.75, 3.05) is 14.2 Å². The predicted molar refractivity (Wildman–Crippen MR) is 58.9 cm³/mol. The summed E-state index contributed by atoms with van der Waals surface area (Å²) in [4.78, 5) is 11.3. The first kappa shape index (κ1) is 11.6. The number of carbonyl (C=O) groups excluding carboxylic acids is 1. The molecule has 0 aromatic heterocycles. The molecule has 3 nitrogen and oxygen atoms in total. The molecule has 0 amide bonds. The first-order valence-electron chi connectivity index (χ1n) is 4.89. The fraction of sp³-hybridized carbons (Fsp3) is 0.417. The smallest absolute Gasteiger partial charge is 0.160 e. The minimum Gasteiger partial charge on any atom is -0.496 e.